The molecule has 2 N–H and O–H groups in total. The van der Waals surface area contributed by atoms with E-state index in [-0.39, 0.29) is 18.9 Å². The Kier molecular flexibility index (Phi) is 3.78. The number of halogens is 3. The monoisotopic (exact) mass is 210 g/mol. The Bertz CT molecular complexity index is 171. The number of nitrogens with zero attached hydrogens (tertiary/aromatic N) is 1. The first-order valence-electron chi connectivity index (χ1n) is 4.94. The van der Waals surface area contributed by atoms with E-state index in [2.05, 4.69) is 0 Å². The lowest BCUT2D eigenvalue weighted by molar-refractivity contribution is -0.185. The highest BCUT2D eigenvalue weighted by molar-refractivity contribution is 4.78. The molecule has 0 aromatic carbocycles. The average molecular weight is 210 g/mol. The standard InChI is InChI=1S/C9H17F3N2/c1-7(13)6-14-4-2-8(3-5-14)9(10,11)12/h7-8H,2-6,13H2,1H3/t7-/m1/s1. The summed E-state index contributed by atoms with van der Waals surface area (Å²) in [5.74, 6) is -1.10. The highest BCUT2D eigenvalue weighted by Gasteiger charge is 2.40. The van der Waals surface area contributed by atoms with Crippen LogP contribution in [0.2, 0.25) is 0 Å². The number of hydrogen-bond acceptors (Lipinski definition) is 2. The van der Waals surface area contributed by atoms with Crippen LogP contribution in [-0.4, -0.2) is 36.8 Å². The smallest absolute Gasteiger partial charge is 0.327 e. The number of rotatable bonds is 2. The zero-order chi connectivity index (χ0) is 10.8. The van der Waals surface area contributed by atoms with Gasteiger partial charge in [0.1, 0.15) is 0 Å². The third-order valence-electron chi connectivity index (χ3n) is 2.60. The molecule has 1 aliphatic heterocycles. The molecular formula is C9H17F3N2. The predicted octanol–water partition coefficient (Wildman–Crippen LogP) is 1.61. The first-order valence-corrected chi connectivity index (χ1v) is 4.94. The van der Waals surface area contributed by atoms with Crippen LogP contribution in [0.15, 0.2) is 0 Å². The van der Waals surface area contributed by atoms with Crippen molar-refractivity contribution in [2.24, 2.45) is 11.7 Å². The molecular weight excluding hydrogens is 193 g/mol. The fourth-order valence-corrected chi connectivity index (χ4v) is 1.85. The number of nitrogens with two attached hydrogens (primary N) is 1. The molecule has 84 valence electrons. The van der Waals surface area contributed by atoms with E-state index in [0.29, 0.717) is 19.6 Å². The van der Waals surface area contributed by atoms with Crippen molar-refractivity contribution in [2.75, 3.05) is 19.6 Å². The van der Waals surface area contributed by atoms with Gasteiger partial charge in [0.05, 0.1) is 5.92 Å². The van der Waals surface area contributed by atoms with Gasteiger partial charge in [-0.1, -0.05) is 0 Å². The lowest BCUT2D eigenvalue weighted by Crippen LogP contribution is -2.43. The molecule has 5 heteroatoms. The second kappa shape index (κ2) is 4.49. The van der Waals surface area contributed by atoms with Gasteiger partial charge in [-0.3, -0.25) is 0 Å². The van der Waals surface area contributed by atoms with Crippen LogP contribution in [0.25, 0.3) is 0 Å². The zero-order valence-corrected chi connectivity index (χ0v) is 8.35. The van der Waals surface area contributed by atoms with Crippen molar-refractivity contribution in [1.29, 1.82) is 0 Å². The van der Waals surface area contributed by atoms with Crippen molar-refractivity contribution in [3.63, 3.8) is 0 Å². The van der Waals surface area contributed by atoms with Gasteiger partial charge < -0.3 is 10.6 Å². The summed E-state index contributed by atoms with van der Waals surface area (Å²) in [5, 5.41) is 0. The van der Waals surface area contributed by atoms with Crippen LogP contribution >= 0.6 is 0 Å². The van der Waals surface area contributed by atoms with Crippen LogP contribution in [0.4, 0.5) is 13.2 Å². The van der Waals surface area contributed by atoms with Crippen molar-refractivity contribution in [2.45, 2.75) is 32.0 Å². The van der Waals surface area contributed by atoms with Gasteiger partial charge in [-0.05, 0) is 32.9 Å². The fraction of sp³-hybridized carbons (Fsp3) is 1.00. The largest absolute Gasteiger partial charge is 0.391 e. The minimum absolute atomic E-state index is 0.0393. The summed E-state index contributed by atoms with van der Waals surface area (Å²) < 4.78 is 36.9. The Labute approximate surface area is 82.2 Å². The number of hydrogen-bond donors (Lipinski definition) is 1. The quantitative estimate of drug-likeness (QED) is 0.750. The van der Waals surface area contributed by atoms with Crippen LogP contribution in [0.3, 0.4) is 0 Å². The maximum absolute atomic E-state index is 12.3. The van der Waals surface area contributed by atoms with Gasteiger partial charge in [0.15, 0.2) is 0 Å². The van der Waals surface area contributed by atoms with E-state index < -0.39 is 12.1 Å². The molecule has 1 saturated heterocycles. The Morgan fingerprint density at radius 3 is 2.21 bits per heavy atom. The van der Waals surface area contributed by atoms with Crippen molar-refractivity contribution < 1.29 is 13.2 Å². The number of piperidine rings is 1. The summed E-state index contributed by atoms with van der Waals surface area (Å²) in [4.78, 5) is 2.01. The van der Waals surface area contributed by atoms with E-state index in [0.717, 1.165) is 0 Å². The van der Waals surface area contributed by atoms with Crippen LogP contribution in [0.1, 0.15) is 19.8 Å². The molecule has 0 saturated carbocycles. The van der Waals surface area contributed by atoms with Crippen molar-refractivity contribution in [3.05, 3.63) is 0 Å². The Balaban J connectivity index is 2.31. The number of alkyl halides is 3. The average Bonchev–Trinajstić information content (AvgIpc) is 2.02. The third kappa shape index (κ3) is 3.46. The number of likely N-dealkylation sites (tertiary alicyclic amines) is 1. The molecule has 1 atom stereocenters. The first kappa shape index (κ1) is 11.8. The lowest BCUT2D eigenvalue weighted by atomic mass is 9.96. The molecule has 0 radical (unpaired) electrons. The van der Waals surface area contributed by atoms with E-state index in [1.165, 1.54) is 0 Å². The zero-order valence-electron chi connectivity index (χ0n) is 8.35. The normalized spacial score (nSPS) is 23.8. The highest BCUT2D eigenvalue weighted by Crippen LogP contribution is 2.33. The third-order valence-corrected chi connectivity index (χ3v) is 2.60. The summed E-state index contributed by atoms with van der Waals surface area (Å²) in [6.45, 7) is 3.61. The molecule has 0 amide bonds. The van der Waals surface area contributed by atoms with E-state index in [1.807, 2.05) is 11.8 Å². The van der Waals surface area contributed by atoms with Crippen molar-refractivity contribution in [1.82, 2.24) is 4.90 Å². The van der Waals surface area contributed by atoms with E-state index in [9.17, 15) is 13.2 Å². The molecule has 1 heterocycles. The molecule has 2 nitrogen and oxygen atoms in total. The molecule has 0 unspecified atom stereocenters. The summed E-state index contributed by atoms with van der Waals surface area (Å²) >= 11 is 0. The maximum Gasteiger partial charge on any atom is 0.391 e. The Hall–Kier alpha value is -0.290. The second-order valence-corrected chi connectivity index (χ2v) is 4.09. The summed E-state index contributed by atoms with van der Waals surface area (Å²) in [7, 11) is 0. The minimum atomic E-state index is -4.01. The van der Waals surface area contributed by atoms with Gasteiger partial charge in [0, 0.05) is 12.6 Å². The van der Waals surface area contributed by atoms with E-state index >= 15 is 0 Å². The van der Waals surface area contributed by atoms with Crippen LogP contribution in [-0.2, 0) is 0 Å². The lowest BCUT2D eigenvalue weighted by Gasteiger charge is -2.33. The van der Waals surface area contributed by atoms with Crippen molar-refractivity contribution in [3.8, 4) is 0 Å². The van der Waals surface area contributed by atoms with E-state index in [4.69, 9.17) is 5.73 Å². The van der Waals surface area contributed by atoms with Crippen LogP contribution < -0.4 is 5.73 Å². The predicted molar refractivity (Wildman–Crippen MR) is 48.9 cm³/mol. The molecule has 1 rings (SSSR count). The van der Waals surface area contributed by atoms with Crippen molar-refractivity contribution >= 4 is 0 Å². The van der Waals surface area contributed by atoms with Gasteiger partial charge in [0.25, 0.3) is 0 Å². The fourth-order valence-electron chi connectivity index (χ4n) is 1.85. The molecule has 0 aromatic rings. The Morgan fingerprint density at radius 1 is 1.36 bits per heavy atom. The first-order chi connectivity index (χ1) is 6.39. The summed E-state index contributed by atoms with van der Waals surface area (Å²) in [5.41, 5.74) is 5.58. The van der Waals surface area contributed by atoms with Gasteiger partial charge >= 0.3 is 6.18 Å². The van der Waals surface area contributed by atoms with E-state index in [1.54, 1.807) is 0 Å². The SMILES string of the molecule is C[C@@H](N)CN1CCC(C(F)(F)F)CC1. The van der Waals surface area contributed by atoms with Gasteiger partial charge in [-0.2, -0.15) is 13.2 Å². The molecule has 0 bridgehead atoms. The second-order valence-electron chi connectivity index (χ2n) is 4.09. The molecule has 14 heavy (non-hydrogen) atoms. The Morgan fingerprint density at radius 2 is 1.86 bits per heavy atom. The molecule has 1 aliphatic rings. The van der Waals surface area contributed by atoms with Gasteiger partial charge in [-0.25, -0.2) is 0 Å². The minimum Gasteiger partial charge on any atom is -0.327 e. The summed E-state index contributed by atoms with van der Waals surface area (Å²) in [6.07, 6.45) is -3.58. The maximum atomic E-state index is 12.3. The van der Waals surface area contributed by atoms with Gasteiger partial charge in [-0.15, -0.1) is 0 Å². The highest BCUT2D eigenvalue weighted by atomic mass is 19.4. The molecule has 0 spiro atoms. The van der Waals surface area contributed by atoms with Crippen LogP contribution in [0, 0.1) is 5.92 Å². The summed E-state index contributed by atoms with van der Waals surface area (Å²) in [6, 6.07) is 0.0393. The van der Waals surface area contributed by atoms with Gasteiger partial charge in [0.2, 0.25) is 0 Å². The van der Waals surface area contributed by atoms with Crippen LogP contribution in [0.5, 0.6) is 0 Å². The molecule has 0 aliphatic carbocycles. The topological polar surface area (TPSA) is 29.3 Å². The molecule has 0 aromatic heterocycles. The molecule has 1 fully saturated rings.